The highest BCUT2D eigenvalue weighted by Crippen LogP contribution is 2.34. The van der Waals surface area contributed by atoms with Crippen LogP contribution in [0.5, 0.6) is 0 Å². The first-order valence-corrected chi connectivity index (χ1v) is 6.82. The van der Waals surface area contributed by atoms with E-state index in [-0.39, 0.29) is 5.41 Å². The second-order valence-electron chi connectivity index (χ2n) is 4.52. The van der Waals surface area contributed by atoms with E-state index in [2.05, 4.69) is 77.8 Å². The zero-order chi connectivity index (χ0) is 13.0. The van der Waals surface area contributed by atoms with E-state index >= 15 is 0 Å². The second-order valence-corrected chi connectivity index (χ2v) is 5.43. The summed E-state index contributed by atoms with van der Waals surface area (Å²) in [7, 11) is 0. The summed E-state index contributed by atoms with van der Waals surface area (Å²) in [5.74, 6) is 0. The molecule has 93 valence electrons. The van der Waals surface area contributed by atoms with Crippen molar-refractivity contribution in [2.75, 3.05) is 6.54 Å². The minimum absolute atomic E-state index is 0.142. The van der Waals surface area contributed by atoms with Crippen LogP contribution in [0.2, 0.25) is 0 Å². The van der Waals surface area contributed by atoms with Crippen LogP contribution in [0.15, 0.2) is 59.1 Å². The highest BCUT2D eigenvalue weighted by Gasteiger charge is 2.27. The molecule has 0 fully saturated rings. The molecule has 2 aromatic carbocycles. The predicted molar refractivity (Wildman–Crippen MR) is 80.4 cm³/mol. The fraction of sp³-hybridized carbons (Fsp3) is 0.188. The van der Waals surface area contributed by atoms with Gasteiger partial charge in [0.2, 0.25) is 0 Å². The molecule has 1 nitrogen and oxygen atoms in total. The Morgan fingerprint density at radius 2 is 1.56 bits per heavy atom. The zero-order valence-corrected chi connectivity index (χ0v) is 12.0. The third-order valence-corrected chi connectivity index (χ3v) is 3.87. The molecule has 2 heteroatoms. The van der Waals surface area contributed by atoms with Crippen molar-refractivity contribution in [3.8, 4) is 0 Å². The average molecular weight is 303 g/mol. The Kier molecular flexibility index (Phi) is 4.20. The van der Waals surface area contributed by atoms with Crippen molar-refractivity contribution in [2.24, 2.45) is 5.73 Å². The number of halogens is 1. The molecular formula is C16H17BrN. The predicted octanol–water partition coefficient (Wildman–Crippen LogP) is 3.92. The molecule has 0 heterocycles. The molecule has 2 N–H and O–H groups in total. The summed E-state index contributed by atoms with van der Waals surface area (Å²) < 4.78 is 1.09. The SMILES string of the molecule is CC([CH]CN)(c1ccccc1)c1ccc(Br)cc1. The van der Waals surface area contributed by atoms with Gasteiger partial charge in [0, 0.05) is 9.89 Å². The number of nitrogens with two attached hydrogens (primary N) is 1. The first-order valence-electron chi connectivity index (χ1n) is 6.03. The van der Waals surface area contributed by atoms with E-state index in [4.69, 9.17) is 5.73 Å². The maximum atomic E-state index is 5.75. The van der Waals surface area contributed by atoms with Crippen LogP contribution in [0, 0.1) is 6.42 Å². The molecule has 0 bridgehead atoms. The van der Waals surface area contributed by atoms with Gasteiger partial charge in [-0.15, -0.1) is 0 Å². The standard InChI is InChI=1S/C16H17BrN/c1-16(11-12-18,13-5-3-2-4-6-13)14-7-9-15(17)10-8-14/h2-11H,12,18H2,1H3. The molecule has 0 amide bonds. The molecule has 0 aliphatic carbocycles. The maximum absolute atomic E-state index is 5.75. The molecule has 0 spiro atoms. The minimum atomic E-state index is -0.142. The van der Waals surface area contributed by atoms with Crippen LogP contribution in [-0.2, 0) is 5.41 Å². The molecule has 1 atom stereocenters. The molecule has 2 rings (SSSR count). The van der Waals surface area contributed by atoms with Crippen molar-refractivity contribution in [3.05, 3.63) is 76.6 Å². The fourth-order valence-electron chi connectivity index (χ4n) is 2.22. The molecule has 0 aromatic heterocycles. The first kappa shape index (κ1) is 13.3. The van der Waals surface area contributed by atoms with Crippen molar-refractivity contribution < 1.29 is 0 Å². The third-order valence-electron chi connectivity index (χ3n) is 3.34. The lowest BCUT2D eigenvalue weighted by Gasteiger charge is -2.30. The van der Waals surface area contributed by atoms with Gasteiger partial charge < -0.3 is 5.73 Å². The molecule has 0 aliphatic heterocycles. The second kappa shape index (κ2) is 5.68. The summed E-state index contributed by atoms with van der Waals surface area (Å²) >= 11 is 3.47. The van der Waals surface area contributed by atoms with Gasteiger partial charge in [-0.05, 0) is 36.2 Å². The van der Waals surface area contributed by atoms with Gasteiger partial charge in [0.1, 0.15) is 0 Å². The van der Waals surface area contributed by atoms with E-state index in [1.807, 2.05) is 6.07 Å². The highest BCUT2D eigenvalue weighted by molar-refractivity contribution is 9.10. The third kappa shape index (κ3) is 2.65. The van der Waals surface area contributed by atoms with Crippen molar-refractivity contribution >= 4 is 15.9 Å². The Morgan fingerprint density at radius 1 is 1.00 bits per heavy atom. The molecular weight excluding hydrogens is 286 g/mol. The number of rotatable bonds is 4. The largest absolute Gasteiger partial charge is 0.330 e. The molecule has 2 aromatic rings. The monoisotopic (exact) mass is 302 g/mol. The fourth-order valence-corrected chi connectivity index (χ4v) is 2.48. The normalized spacial score (nSPS) is 14.2. The van der Waals surface area contributed by atoms with Crippen LogP contribution in [0.1, 0.15) is 18.1 Å². The Bertz CT molecular complexity index is 492. The lowest BCUT2D eigenvalue weighted by Crippen LogP contribution is -2.27. The number of hydrogen-bond acceptors (Lipinski definition) is 1. The smallest absolute Gasteiger partial charge is 0.0218 e. The van der Waals surface area contributed by atoms with E-state index in [0.29, 0.717) is 6.54 Å². The van der Waals surface area contributed by atoms with Gasteiger partial charge in [-0.3, -0.25) is 0 Å². The minimum Gasteiger partial charge on any atom is -0.330 e. The number of hydrogen-bond donors (Lipinski definition) is 1. The van der Waals surface area contributed by atoms with Crippen molar-refractivity contribution in [2.45, 2.75) is 12.3 Å². The van der Waals surface area contributed by atoms with Crippen LogP contribution in [-0.4, -0.2) is 6.54 Å². The van der Waals surface area contributed by atoms with Gasteiger partial charge in [0.25, 0.3) is 0 Å². The summed E-state index contributed by atoms with van der Waals surface area (Å²) in [5, 5.41) is 0. The molecule has 1 radical (unpaired) electrons. The Morgan fingerprint density at radius 3 is 2.11 bits per heavy atom. The Labute approximate surface area is 117 Å². The van der Waals surface area contributed by atoms with Gasteiger partial charge in [-0.2, -0.15) is 0 Å². The van der Waals surface area contributed by atoms with Gasteiger partial charge in [-0.1, -0.05) is 65.3 Å². The summed E-state index contributed by atoms with van der Waals surface area (Å²) in [5.41, 5.74) is 8.13. The summed E-state index contributed by atoms with van der Waals surface area (Å²) in [6.07, 6.45) is 2.16. The number of benzene rings is 2. The molecule has 1 unspecified atom stereocenters. The van der Waals surface area contributed by atoms with E-state index in [9.17, 15) is 0 Å². The van der Waals surface area contributed by atoms with Crippen LogP contribution in [0.4, 0.5) is 0 Å². The van der Waals surface area contributed by atoms with Crippen LogP contribution in [0.3, 0.4) is 0 Å². The van der Waals surface area contributed by atoms with Crippen molar-refractivity contribution in [3.63, 3.8) is 0 Å². The maximum Gasteiger partial charge on any atom is 0.0218 e. The van der Waals surface area contributed by atoms with E-state index in [1.54, 1.807) is 0 Å². The van der Waals surface area contributed by atoms with Crippen LogP contribution in [0.25, 0.3) is 0 Å². The van der Waals surface area contributed by atoms with Gasteiger partial charge >= 0.3 is 0 Å². The van der Waals surface area contributed by atoms with E-state index in [0.717, 1.165) is 4.47 Å². The molecule has 0 aliphatic rings. The quantitative estimate of drug-likeness (QED) is 0.910. The van der Waals surface area contributed by atoms with Gasteiger partial charge in [0.05, 0.1) is 0 Å². The summed E-state index contributed by atoms with van der Waals surface area (Å²) in [6.45, 7) is 2.76. The highest BCUT2D eigenvalue weighted by atomic mass is 79.9. The molecule has 0 saturated carbocycles. The van der Waals surface area contributed by atoms with Crippen LogP contribution >= 0.6 is 15.9 Å². The van der Waals surface area contributed by atoms with Gasteiger partial charge in [-0.25, -0.2) is 0 Å². The Hall–Kier alpha value is -1.12. The van der Waals surface area contributed by atoms with E-state index in [1.165, 1.54) is 11.1 Å². The van der Waals surface area contributed by atoms with Crippen molar-refractivity contribution in [1.29, 1.82) is 0 Å². The molecule has 0 saturated heterocycles. The van der Waals surface area contributed by atoms with Gasteiger partial charge in [0.15, 0.2) is 0 Å². The average Bonchev–Trinajstić information content (AvgIpc) is 2.40. The Balaban J connectivity index is 2.47. The van der Waals surface area contributed by atoms with Crippen molar-refractivity contribution in [1.82, 2.24) is 0 Å². The summed E-state index contributed by atoms with van der Waals surface area (Å²) in [6, 6.07) is 18.9. The first-order chi connectivity index (χ1) is 8.66. The lowest BCUT2D eigenvalue weighted by molar-refractivity contribution is 0.650. The van der Waals surface area contributed by atoms with E-state index < -0.39 is 0 Å². The molecule has 18 heavy (non-hydrogen) atoms. The lowest BCUT2D eigenvalue weighted by atomic mass is 9.74. The summed E-state index contributed by atoms with van der Waals surface area (Å²) in [4.78, 5) is 0. The van der Waals surface area contributed by atoms with Crippen LogP contribution < -0.4 is 5.73 Å². The topological polar surface area (TPSA) is 26.0 Å². The zero-order valence-electron chi connectivity index (χ0n) is 10.4.